The van der Waals surface area contributed by atoms with Gasteiger partial charge in [-0.3, -0.25) is 0 Å². The molecular weight excluding hydrogens is 311 g/mol. The van der Waals surface area contributed by atoms with Gasteiger partial charge in [-0.25, -0.2) is 4.98 Å². The summed E-state index contributed by atoms with van der Waals surface area (Å²) in [5.41, 5.74) is 2.22. The highest BCUT2D eigenvalue weighted by molar-refractivity contribution is 7.09. The van der Waals surface area contributed by atoms with Gasteiger partial charge in [0.1, 0.15) is 0 Å². The molecule has 1 unspecified atom stereocenters. The van der Waals surface area contributed by atoms with Gasteiger partial charge >= 0.3 is 0 Å². The first-order valence-electron chi connectivity index (χ1n) is 6.67. The molecule has 0 bridgehead atoms. The second-order valence-electron chi connectivity index (χ2n) is 4.73. The van der Waals surface area contributed by atoms with Crippen molar-refractivity contribution in [1.29, 1.82) is 0 Å². The lowest BCUT2D eigenvalue weighted by atomic mass is 10.0. The summed E-state index contributed by atoms with van der Waals surface area (Å²) in [6.45, 7) is 5.06. The lowest BCUT2D eigenvalue weighted by molar-refractivity contribution is 0.517. The first kappa shape index (κ1) is 15.8. The molecule has 20 heavy (non-hydrogen) atoms. The molecule has 1 atom stereocenters. The quantitative estimate of drug-likeness (QED) is 0.843. The molecule has 1 aromatic carbocycles. The number of nitrogens with zero attached hydrogens (tertiary/aromatic N) is 1. The van der Waals surface area contributed by atoms with Gasteiger partial charge in [0.2, 0.25) is 0 Å². The Morgan fingerprint density at radius 1 is 1.30 bits per heavy atom. The average Bonchev–Trinajstić information content (AvgIpc) is 2.81. The van der Waals surface area contributed by atoms with E-state index in [0.717, 1.165) is 35.7 Å². The molecule has 1 aromatic heterocycles. The van der Waals surface area contributed by atoms with Crippen LogP contribution in [0.3, 0.4) is 0 Å². The third-order valence-electron chi connectivity index (χ3n) is 3.11. The predicted molar refractivity (Wildman–Crippen MR) is 88.2 cm³/mol. The number of hydrogen-bond acceptors (Lipinski definition) is 3. The van der Waals surface area contributed by atoms with Crippen LogP contribution in [0.5, 0.6) is 0 Å². The monoisotopic (exact) mass is 328 g/mol. The Morgan fingerprint density at radius 2 is 2.10 bits per heavy atom. The van der Waals surface area contributed by atoms with Crippen LogP contribution in [0.2, 0.25) is 10.0 Å². The lowest BCUT2D eigenvalue weighted by Crippen LogP contribution is -2.33. The molecule has 108 valence electrons. The molecule has 2 nitrogen and oxygen atoms in total. The van der Waals surface area contributed by atoms with E-state index in [1.165, 1.54) is 0 Å². The van der Waals surface area contributed by atoms with Gasteiger partial charge in [-0.15, -0.1) is 11.3 Å². The van der Waals surface area contributed by atoms with E-state index >= 15 is 0 Å². The zero-order chi connectivity index (χ0) is 14.5. The molecule has 0 saturated carbocycles. The van der Waals surface area contributed by atoms with Crippen LogP contribution in [0, 0.1) is 6.92 Å². The largest absolute Gasteiger partial charge is 0.314 e. The topological polar surface area (TPSA) is 24.9 Å². The molecule has 2 rings (SSSR count). The van der Waals surface area contributed by atoms with Crippen molar-refractivity contribution in [1.82, 2.24) is 10.3 Å². The summed E-state index contributed by atoms with van der Waals surface area (Å²) in [6.07, 6.45) is 1.75. The number of benzene rings is 1. The summed E-state index contributed by atoms with van der Waals surface area (Å²) in [6, 6.07) is 6.11. The Bertz CT molecular complexity index is 569. The number of hydrogen-bond donors (Lipinski definition) is 1. The summed E-state index contributed by atoms with van der Waals surface area (Å²) in [7, 11) is 0. The van der Waals surface area contributed by atoms with Crippen LogP contribution in [-0.2, 0) is 12.8 Å². The van der Waals surface area contributed by atoms with Crippen LogP contribution in [-0.4, -0.2) is 17.6 Å². The second-order valence-corrected chi connectivity index (χ2v) is 6.58. The predicted octanol–water partition coefficient (Wildman–Crippen LogP) is 4.52. The molecular formula is C15H18Cl2N2S. The molecule has 2 aromatic rings. The van der Waals surface area contributed by atoms with Crippen molar-refractivity contribution >= 4 is 34.5 Å². The van der Waals surface area contributed by atoms with Crippen molar-refractivity contribution in [3.05, 3.63) is 49.9 Å². The summed E-state index contributed by atoms with van der Waals surface area (Å²) >= 11 is 14.0. The average molecular weight is 329 g/mol. The van der Waals surface area contributed by atoms with Crippen LogP contribution in [0.4, 0.5) is 0 Å². The highest BCUT2D eigenvalue weighted by Gasteiger charge is 2.14. The zero-order valence-corrected chi connectivity index (χ0v) is 13.9. The molecule has 0 amide bonds. The maximum atomic E-state index is 6.27. The molecule has 5 heteroatoms. The Morgan fingerprint density at radius 3 is 2.75 bits per heavy atom. The Hall–Kier alpha value is -0.610. The van der Waals surface area contributed by atoms with Crippen LogP contribution < -0.4 is 5.32 Å². The minimum Gasteiger partial charge on any atom is -0.314 e. The van der Waals surface area contributed by atoms with Gasteiger partial charge in [0.15, 0.2) is 0 Å². The molecule has 0 radical (unpaired) electrons. The molecule has 0 aliphatic rings. The highest BCUT2D eigenvalue weighted by Crippen LogP contribution is 2.26. The maximum Gasteiger partial charge on any atom is 0.0897 e. The van der Waals surface area contributed by atoms with Crippen LogP contribution in [0.1, 0.15) is 23.2 Å². The summed E-state index contributed by atoms with van der Waals surface area (Å²) in [4.78, 5) is 4.53. The standard InChI is InChI=1S/C15H18Cl2N2S/c1-3-18-12(8-13-9-20-10(2)19-13)7-11-5-4-6-14(16)15(11)17/h4-6,9,12,18H,3,7-8H2,1-2H3. The van der Waals surface area contributed by atoms with Crippen molar-refractivity contribution in [2.24, 2.45) is 0 Å². The molecule has 0 fully saturated rings. The second kappa shape index (κ2) is 7.41. The summed E-state index contributed by atoms with van der Waals surface area (Å²) in [5, 5.41) is 8.00. The Labute approximate surface area is 134 Å². The minimum absolute atomic E-state index is 0.317. The molecule has 1 N–H and O–H groups in total. The SMILES string of the molecule is CCNC(Cc1csc(C)n1)Cc1cccc(Cl)c1Cl. The van der Waals surface area contributed by atoms with Crippen molar-refractivity contribution in [2.75, 3.05) is 6.54 Å². The summed E-state index contributed by atoms with van der Waals surface area (Å²) in [5.74, 6) is 0. The number of halogens is 2. The smallest absolute Gasteiger partial charge is 0.0897 e. The van der Waals surface area contributed by atoms with Gasteiger partial charge in [0.05, 0.1) is 20.7 Å². The van der Waals surface area contributed by atoms with Crippen LogP contribution >= 0.6 is 34.5 Å². The number of nitrogens with one attached hydrogen (secondary N) is 1. The van der Waals surface area contributed by atoms with E-state index < -0.39 is 0 Å². The number of likely N-dealkylation sites (N-methyl/N-ethyl adjacent to an activating group) is 1. The van der Waals surface area contributed by atoms with Gasteiger partial charge < -0.3 is 5.32 Å². The fourth-order valence-electron chi connectivity index (χ4n) is 2.23. The maximum absolute atomic E-state index is 6.27. The lowest BCUT2D eigenvalue weighted by Gasteiger charge is -2.18. The first-order chi connectivity index (χ1) is 9.60. The number of aryl methyl sites for hydroxylation is 1. The minimum atomic E-state index is 0.317. The van der Waals surface area contributed by atoms with Crippen molar-refractivity contribution in [3.63, 3.8) is 0 Å². The fourth-order valence-corrected chi connectivity index (χ4v) is 3.25. The van der Waals surface area contributed by atoms with E-state index in [4.69, 9.17) is 23.2 Å². The normalized spacial score (nSPS) is 12.6. The van der Waals surface area contributed by atoms with Gasteiger partial charge in [0.25, 0.3) is 0 Å². The van der Waals surface area contributed by atoms with Gasteiger partial charge in [-0.2, -0.15) is 0 Å². The van der Waals surface area contributed by atoms with E-state index in [2.05, 4.69) is 22.6 Å². The Kier molecular flexibility index (Phi) is 5.85. The molecule has 1 heterocycles. The van der Waals surface area contributed by atoms with Crippen LogP contribution in [0.15, 0.2) is 23.6 Å². The number of rotatable bonds is 6. The van der Waals surface area contributed by atoms with E-state index in [9.17, 15) is 0 Å². The van der Waals surface area contributed by atoms with E-state index in [1.807, 2.05) is 25.1 Å². The zero-order valence-electron chi connectivity index (χ0n) is 11.6. The fraction of sp³-hybridized carbons (Fsp3) is 0.400. The molecule has 0 aliphatic heterocycles. The first-order valence-corrected chi connectivity index (χ1v) is 8.31. The summed E-state index contributed by atoms with van der Waals surface area (Å²) < 4.78 is 0. The van der Waals surface area contributed by atoms with Crippen molar-refractivity contribution in [3.8, 4) is 0 Å². The third-order valence-corrected chi connectivity index (χ3v) is 4.79. The van der Waals surface area contributed by atoms with Gasteiger partial charge in [0, 0.05) is 17.8 Å². The molecule has 0 saturated heterocycles. The molecule has 0 spiro atoms. The highest BCUT2D eigenvalue weighted by atomic mass is 35.5. The Balaban J connectivity index is 2.10. The van der Waals surface area contributed by atoms with E-state index in [-0.39, 0.29) is 0 Å². The van der Waals surface area contributed by atoms with E-state index in [1.54, 1.807) is 11.3 Å². The van der Waals surface area contributed by atoms with Gasteiger partial charge in [-0.05, 0) is 31.5 Å². The number of aromatic nitrogens is 1. The van der Waals surface area contributed by atoms with Crippen LogP contribution in [0.25, 0.3) is 0 Å². The van der Waals surface area contributed by atoms with E-state index in [0.29, 0.717) is 16.1 Å². The number of thiazole rings is 1. The molecule has 0 aliphatic carbocycles. The van der Waals surface area contributed by atoms with Crippen molar-refractivity contribution in [2.45, 2.75) is 32.7 Å². The third kappa shape index (κ3) is 4.19. The van der Waals surface area contributed by atoms with Crippen molar-refractivity contribution < 1.29 is 0 Å². The van der Waals surface area contributed by atoms with Gasteiger partial charge in [-0.1, -0.05) is 42.3 Å².